The van der Waals surface area contributed by atoms with Gasteiger partial charge in [-0.05, 0) is 30.9 Å². The highest BCUT2D eigenvalue weighted by atomic mass is 16.2. The molecule has 2 aromatic rings. The van der Waals surface area contributed by atoms with Crippen LogP contribution in [0.2, 0.25) is 0 Å². The second kappa shape index (κ2) is 6.48. The minimum absolute atomic E-state index is 0.0239. The fourth-order valence-electron chi connectivity index (χ4n) is 4.83. The third kappa shape index (κ3) is 2.68. The van der Waals surface area contributed by atoms with Crippen LogP contribution in [-0.4, -0.2) is 41.3 Å². The van der Waals surface area contributed by atoms with Crippen molar-refractivity contribution in [3.63, 3.8) is 0 Å². The lowest BCUT2D eigenvalue weighted by Crippen LogP contribution is -2.45. The first-order valence-electron chi connectivity index (χ1n) is 9.73. The Morgan fingerprint density at radius 2 is 1.79 bits per heavy atom. The summed E-state index contributed by atoms with van der Waals surface area (Å²) in [6, 6.07) is 19.1. The van der Waals surface area contributed by atoms with Gasteiger partial charge in [-0.3, -0.25) is 9.79 Å². The zero-order valence-electron chi connectivity index (χ0n) is 15.5. The number of nitrogens with one attached hydrogen (secondary N) is 2. The maximum atomic E-state index is 12.9. The van der Waals surface area contributed by atoms with Gasteiger partial charge in [-0.25, -0.2) is 4.79 Å². The van der Waals surface area contributed by atoms with E-state index in [4.69, 9.17) is 4.99 Å². The number of nitrogens with zero attached hydrogens (tertiary/aromatic N) is 2. The molecule has 2 fully saturated rings. The standard InChI is InChI=1S/C22H22N4O2/c27-20-22(25-19(24-20)15-7-3-1-4-8-15)12-11-16-13-26(14-18(16)22)21(28)23-17-9-5-2-6-10-17/h1-10,16,18H,11-14H2,(H,23,28)(H,24,25,27)/t16-,18+,22-/m1/s1. The molecule has 5 rings (SSSR count). The van der Waals surface area contributed by atoms with E-state index in [1.807, 2.05) is 65.6 Å². The van der Waals surface area contributed by atoms with E-state index in [0.29, 0.717) is 24.8 Å². The molecule has 3 aliphatic rings. The molecule has 0 bridgehead atoms. The summed E-state index contributed by atoms with van der Waals surface area (Å²) >= 11 is 0. The van der Waals surface area contributed by atoms with Crippen molar-refractivity contribution < 1.29 is 9.59 Å². The SMILES string of the molecule is O=C(Nc1ccccc1)N1C[C@H]2CC[C@@]3(N=C(c4ccccc4)NC3=O)[C@H]2C1. The molecule has 142 valence electrons. The van der Waals surface area contributed by atoms with Crippen molar-refractivity contribution in [1.29, 1.82) is 0 Å². The van der Waals surface area contributed by atoms with E-state index in [-0.39, 0.29) is 17.9 Å². The van der Waals surface area contributed by atoms with Crippen LogP contribution < -0.4 is 10.6 Å². The Bertz CT molecular complexity index is 944. The first-order valence-corrected chi connectivity index (χ1v) is 9.73. The van der Waals surface area contributed by atoms with Crippen molar-refractivity contribution in [3.8, 4) is 0 Å². The summed E-state index contributed by atoms with van der Waals surface area (Å²) in [7, 11) is 0. The van der Waals surface area contributed by atoms with E-state index in [1.165, 1.54) is 0 Å². The van der Waals surface area contributed by atoms with Gasteiger partial charge in [-0.1, -0.05) is 48.5 Å². The average molecular weight is 374 g/mol. The summed E-state index contributed by atoms with van der Waals surface area (Å²) in [6.07, 6.45) is 1.66. The third-order valence-electron chi connectivity index (χ3n) is 6.25. The van der Waals surface area contributed by atoms with Gasteiger partial charge in [0.2, 0.25) is 0 Å². The minimum Gasteiger partial charge on any atom is -0.324 e. The van der Waals surface area contributed by atoms with Crippen molar-refractivity contribution in [2.24, 2.45) is 16.8 Å². The fourth-order valence-corrected chi connectivity index (χ4v) is 4.83. The van der Waals surface area contributed by atoms with E-state index < -0.39 is 5.54 Å². The molecule has 2 aromatic carbocycles. The summed E-state index contributed by atoms with van der Waals surface area (Å²) < 4.78 is 0. The van der Waals surface area contributed by atoms with Crippen LogP contribution in [-0.2, 0) is 4.79 Å². The van der Waals surface area contributed by atoms with Crippen LogP contribution >= 0.6 is 0 Å². The zero-order valence-corrected chi connectivity index (χ0v) is 15.5. The maximum Gasteiger partial charge on any atom is 0.321 e. The highest BCUT2D eigenvalue weighted by Gasteiger charge is 2.59. The molecule has 0 aromatic heterocycles. The Morgan fingerprint density at radius 3 is 2.54 bits per heavy atom. The highest BCUT2D eigenvalue weighted by Crippen LogP contribution is 2.49. The number of para-hydroxylation sites is 1. The summed E-state index contributed by atoms with van der Waals surface area (Å²) in [6.45, 7) is 1.23. The molecule has 2 aliphatic heterocycles. The molecule has 3 atom stereocenters. The molecule has 28 heavy (non-hydrogen) atoms. The lowest BCUT2D eigenvalue weighted by molar-refractivity contribution is -0.124. The summed E-state index contributed by atoms with van der Waals surface area (Å²) in [5, 5.41) is 5.94. The van der Waals surface area contributed by atoms with E-state index in [0.717, 1.165) is 24.1 Å². The lowest BCUT2D eigenvalue weighted by Gasteiger charge is -2.25. The number of amides is 3. The molecular formula is C22H22N4O2. The van der Waals surface area contributed by atoms with Crippen LogP contribution in [0.1, 0.15) is 18.4 Å². The van der Waals surface area contributed by atoms with Crippen LogP contribution in [0.5, 0.6) is 0 Å². The average Bonchev–Trinajstić information content (AvgIpc) is 3.39. The Balaban J connectivity index is 1.36. The molecule has 1 aliphatic carbocycles. The molecule has 6 heteroatoms. The molecule has 2 heterocycles. The maximum absolute atomic E-state index is 12.9. The van der Waals surface area contributed by atoms with Gasteiger partial charge in [0.05, 0.1) is 0 Å². The first kappa shape index (κ1) is 17.0. The van der Waals surface area contributed by atoms with Gasteiger partial charge < -0.3 is 15.5 Å². The molecular weight excluding hydrogens is 352 g/mol. The monoisotopic (exact) mass is 374 g/mol. The number of rotatable bonds is 2. The summed E-state index contributed by atoms with van der Waals surface area (Å²) in [5.74, 6) is 1.00. The second-order valence-corrected chi connectivity index (χ2v) is 7.81. The smallest absolute Gasteiger partial charge is 0.321 e. The number of anilines is 1. The lowest BCUT2D eigenvalue weighted by atomic mass is 9.85. The number of benzene rings is 2. The number of hydrogen-bond acceptors (Lipinski definition) is 3. The van der Waals surface area contributed by atoms with Gasteiger partial charge in [-0.15, -0.1) is 0 Å². The van der Waals surface area contributed by atoms with Crippen molar-refractivity contribution in [2.45, 2.75) is 18.4 Å². The molecule has 1 spiro atoms. The van der Waals surface area contributed by atoms with Gasteiger partial charge >= 0.3 is 6.03 Å². The van der Waals surface area contributed by atoms with Crippen molar-refractivity contribution in [3.05, 3.63) is 66.2 Å². The van der Waals surface area contributed by atoms with E-state index in [2.05, 4.69) is 10.6 Å². The normalized spacial score (nSPS) is 28.2. The van der Waals surface area contributed by atoms with Crippen molar-refractivity contribution in [2.75, 3.05) is 18.4 Å². The number of fused-ring (bicyclic) bond motifs is 2. The Hall–Kier alpha value is -3.15. The van der Waals surface area contributed by atoms with Gasteiger partial charge in [-0.2, -0.15) is 0 Å². The molecule has 2 N–H and O–H groups in total. The molecule has 0 radical (unpaired) electrons. The number of amidine groups is 1. The van der Waals surface area contributed by atoms with Gasteiger partial charge in [0.15, 0.2) is 0 Å². The molecule has 3 amide bonds. The van der Waals surface area contributed by atoms with Gasteiger partial charge in [0, 0.05) is 30.3 Å². The summed E-state index contributed by atoms with van der Waals surface area (Å²) in [4.78, 5) is 32.4. The summed E-state index contributed by atoms with van der Waals surface area (Å²) in [5.41, 5.74) is 0.965. The fraction of sp³-hybridized carbons (Fsp3) is 0.318. The Morgan fingerprint density at radius 1 is 1.07 bits per heavy atom. The van der Waals surface area contributed by atoms with Crippen molar-refractivity contribution >= 4 is 23.5 Å². The molecule has 1 saturated heterocycles. The minimum atomic E-state index is -0.738. The van der Waals surface area contributed by atoms with Crippen LogP contribution in [0, 0.1) is 11.8 Å². The number of carbonyl (C=O) groups is 2. The molecule has 6 nitrogen and oxygen atoms in total. The van der Waals surface area contributed by atoms with Crippen LogP contribution in [0.3, 0.4) is 0 Å². The largest absolute Gasteiger partial charge is 0.324 e. The number of urea groups is 1. The quantitative estimate of drug-likeness (QED) is 0.848. The highest BCUT2D eigenvalue weighted by molar-refractivity contribution is 6.15. The predicted molar refractivity (Wildman–Crippen MR) is 107 cm³/mol. The van der Waals surface area contributed by atoms with E-state index >= 15 is 0 Å². The molecule has 0 unspecified atom stereocenters. The topological polar surface area (TPSA) is 73.8 Å². The first-order chi connectivity index (χ1) is 13.7. The van der Waals surface area contributed by atoms with Crippen molar-refractivity contribution in [1.82, 2.24) is 10.2 Å². The Kier molecular flexibility index (Phi) is 3.93. The second-order valence-electron chi connectivity index (χ2n) is 7.81. The van der Waals surface area contributed by atoms with Crippen LogP contribution in [0.15, 0.2) is 65.7 Å². The zero-order chi connectivity index (χ0) is 19.1. The number of aliphatic imine (C=N–C) groups is 1. The van der Waals surface area contributed by atoms with Crippen LogP contribution in [0.25, 0.3) is 0 Å². The predicted octanol–water partition coefficient (Wildman–Crippen LogP) is 2.88. The number of hydrogen-bond donors (Lipinski definition) is 2. The Labute approximate surface area is 163 Å². The van der Waals surface area contributed by atoms with E-state index in [9.17, 15) is 9.59 Å². The third-order valence-corrected chi connectivity index (χ3v) is 6.25. The number of likely N-dealkylation sites (tertiary alicyclic amines) is 1. The van der Waals surface area contributed by atoms with Gasteiger partial charge in [0.1, 0.15) is 11.4 Å². The van der Waals surface area contributed by atoms with Crippen LogP contribution in [0.4, 0.5) is 10.5 Å². The molecule has 1 saturated carbocycles. The van der Waals surface area contributed by atoms with Gasteiger partial charge in [0.25, 0.3) is 5.91 Å². The van der Waals surface area contributed by atoms with E-state index in [1.54, 1.807) is 0 Å². The number of carbonyl (C=O) groups excluding carboxylic acids is 2.